The van der Waals surface area contributed by atoms with Gasteiger partial charge in [-0.05, 0) is 24.8 Å². The summed E-state index contributed by atoms with van der Waals surface area (Å²) in [7, 11) is 0. The van der Waals surface area contributed by atoms with Crippen molar-refractivity contribution in [1.29, 1.82) is 0 Å². The zero-order valence-corrected chi connectivity index (χ0v) is 23.2. The smallest absolute Gasteiger partial charge is 0.328 e. The predicted octanol–water partition coefficient (Wildman–Crippen LogP) is -3.13. The van der Waals surface area contributed by atoms with Crippen molar-refractivity contribution in [3.8, 4) is 0 Å². The fraction of sp³-hybridized carbons (Fsp3) is 0.538. The number of aliphatic carboxylic acids is 1. The molecule has 15 heteroatoms. The molecule has 1 aromatic carbocycles. The van der Waals surface area contributed by atoms with Gasteiger partial charge in [-0.1, -0.05) is 50.6 Å². The van der Waals surface area contributed by atoms with Crippen LogP contribution in [0.2, 0.25) is 0 Å². The third kappa shape index (κ3) is 11.5. The van der Waals surface area contributed by atoms with Gasteiger partial charge in [0.15, 0.2) is 6.04 Å². The molecule has 0 unspecified atom stereocenters. The van der Waals surface area contributed by atoms with Crippen molar-refractivity contribution in [1.82, 2.24) is 21.3 Å². The standard InChI is InChI=1S/C26H40N6O9/c1-4-13(2)20(25(39)32-21(14(3)34)26(40)41)31-23(37)17(11-19(28)35)29-24(38)18(12-33)30-22(36)16(27)10-15-8-6-5-7-9-15/h5-9,13-14,16-18,20-21,33-34H,4,10-12,27H2,1-3H3,(H2,28,35)(H,29,38)(H,30,36)(H,31,37)(H,32,39)(H,40,41)/t13-,14+,16-,17-,18-,20-,21-/m0/s1. The van der Waals surface area contributed by atoms with Crippen LogP contribution in [0.25, 0.3) is 0 Å². The van der Waals surface area contributed by atoms with Crippen molar-refractivity contribution in [2.24, 2.45) is 17.4 Å². The minimum atomic E-state index is -1.66. The summed E-state index contributed by atoms with van der Waals surface area (Å²) in [6.45, 7) is 3.61. The second-order valence-corrected chi connectivity index (χ2v) is 9.71. The number of carbonyl (C=O) groups excluding carboxylic acids is 5. The summed E-state index contributed by atoms with van der Waals surface area (Å²) >= 11 is 0. The average Bonchev–Trinajstić information content (AvgIpc) is 2.91. The quantitative estimate of drug-likeness (QED) is 0.0894. The minimum Gasteiger partial charge on any atom is -0.480 e. The third-order valence-electron chi connectivity index (χ3n) is 6.33. The number of hydrogen-bond donors (Lipinski definition) is 9. The van der Waals surface area contributed by atoms with E-state index < -0.39 is 90.8 Å². The van der Waals surface area contributed by atoms with E-state index in [0.717, 1.165) is 5.56 Å². The molecular formula is C26H40N6O9. The summed E-state index contributed by atoms with van der Waals surface area (Å²) in [5.74, 6) is -6.73. The molecule has 41 heavy (non-hydrogen) atoms. The Kier molecular flexibility index (Phi) is 14.4. The number of aliphatic hydroxyl groups is 2. The number of nitrogens with one attached hydrogen (secondary N) is 4. The molecule has 0 saturated carbocycles. The van der Waals surface area contributed by atoms with Crippen LogP contribution in [-0.4, -0.2) is 93.7 Å². The van der Waals surface area contributed by atoms with E-state index in [2.05, 4.69) is 21.3 Å². The second-order valence-electron chi connectivity index (χ2n) is 9.71. The van der Waals surface area contributed by atoms with Gasteiger partial charge in [0, 0.05) is 0 Å². The maximum atomic E-state index is 13.1. The highest BCUT2D eigenvalue weighted by Crippen LogP contribution is 2.10. The Morgan fingerprint density at radius 3 is 1.85 bits per heavy atom. The van der Waals surface area contributed by atoms with Crippen molar-refractivity contribution >= 4 is 35.5 Å². The van der Waals surface area contributed by atoms with Gasteiger partial charge in [0.25, 0.3) is 0 Å². The Bertz CT molecular complexity index is 1070. The number of benzene rings is 1. The molecule has 0 bridgehead atoms. The van der Waals surface area contributed by atoms with Crippen molar-refractivity contribution in [2.75, 3.05) is 6.61 Å². The van der Waals surface area contributed by atoms with Crippen LogP contribution in [0.4, 0.5) is 0 Å². The Morgan fingerprint density at radius 2 is 1.37 bits per heavy atom. The van der Waals surface area contributed by atoms with Gasteiger partial charge in [-0.3, -0.25) is 24.0 Å². The number of carboxylic acid groups (broad SMARTS) is 1. The summed E-state index contributed by atoms with van der Waals surface area (Å²) in [5, 5.41) is 37.7. The summed E-state index contributed by atoms with van der Waals surface area (Å²) in [6.07, 6.45) is -1.63. The molecule has 5 amide bonds. The minimum absolute atomic E-state index is 0.149. The van der Waals surface area contributed by atoms with Crippen molar-refractivity contribution < 1.29 is 44.1 Å². The lowest BCUT2D eigenvalue weighted by Crippen LogP contribution is -2.61. The fourth-order valence-corrected chi connectivity index (χ4v) is 3.70. The molecule has 7 atom stereocenters. The normalized spacial score (nSPS) is 16.0. The van der Waals surface area contributed by atoms with Gasteiger partial charge < -0.3 is 48.1 Å². The molecule has 0 radical (unpaired) electrons. The molecule has 0 aliphatic carbocycles. The number of aliphatic hydroxyl groups excluding tert-OH is 2. The van der Waals surface area contributed by atoms with Crippen molar-refractivity contribution in [3.05, 3.63) is 35.9 Å². The molecule has 11 N–H and O–H groups in total. The summed E-state index contributed by atoms with van der Waals surface area (Å²) < 4.78 is 0. The lowest BCUT2D eigenvalue weighted by atomic mass is 9.97. The zero-order chi connectivity index (χ0) is 31.3. The van der Waals surface area contributed by atoms with Crippen LogP contribution in [0.5, 0.6) is 0 Å². The number of rotatable bonds is 17. The zero-order valence-electron chi connectivity index (χ0n) is 23.2. The van der Waals surface area contributed by atoms with Gasteiger partial charge in [-0.25, -0.2) is 4.79 Å². The van der Waals surface area contributed by atoms with Gasteiger partial charge in [0.2, 0.25) is 29.5 Å². The largest absolute Gasteiger partial charge is 0.480 e. The summed E-state index contributed by atoms with van der Waals surface area (Å²) in [6, 6.07) is 1.65. The van der Waals surface area contributed by atoms with Crippen LogP contribution >= 0.6 is 0 Å². The van der Waals surface area contributed by atoms with Crippen molar-refractivity contribution in [3.63, 3.8) is 0 Å². The van der Waals surface area contributed by atoms with E-state index in [1.54, 1.807) is 44.2 Å². The molecule has 0 spiro atoms. The predicted molar refractivity (Wildman–Crippen MR) is 146 cm³/mol. The SMILES string of the molecule is CC[C@H](C)[C@H](NC(=O)[C@H](CC(N)=O)NC(=O)[C@H](CO)NC(=O)[C@@H](N)Cc1ccccc1)C(=O)N[C@H](C(=O)O)[C@@H](C)O. The first-order valence-corrected chi connectivity index (χ1v) is 13.0. The van der Waals surface area contributed by atoms with E-state index >= 15 is 0 Å². The molecule has 1 rings (SSSR count). The van der Waals surface area contributed by atoms with Gasteiger partial charge in [0.1, 0.15) is 18.1 Å². The molecular weight excluding hydrogens is 540 g/mol. The van der Waals surface area contributed by atoms with Crippen LogP contribution in [0.15, 0.2) is 30.3 Å². The Balaban J connectivity index is 3.01. The molecule has 0 fully saturated rings. The first-order valence-electron chi connectivity index (χ1n) is 13.0. The van der Waals surface area contributed by atoms with Gasteiger partial charge >= 0.3 is 5.97 Å². The number of nitrogens with two attached hydrogens (primary N) is 2. The number of hydrogen-bond acceptors (Lipinski definition) is 9. The van der Waals surface area contributed by atoms with E-state index in [-0.39, 0.29) is 6.42 Å². The molecule has 1 aromatic rings. The highest BCUT2D eigenvalue weighted by molar-refractivity contribution is 5.97. The lowest BCUT2D eigenvalue weighted by Gasteiger charge is -2.28. The average molecular weight is 581 g/mol. The van der Waals surface area contributed by atoms with E-state index in [1.165, 1.54) is 6.92 Å². The number of amides is 5. The molecule has 0 aromatic heterocycles. The highest BCUT2D eigenvalue weighted by Gasteiger charge is 2.35. The first kappa shape index (κ1) is 34.9. The number of primary amides is 1. The Morgan fingerprint density at radius 1 is 0.829 bits per heavy atom. The van der Waals surface area contributed by atoms with Crippen LogP contribution in [-0.2, 0) is 35.2 Å². The molecule has 0 saturated heterocycles. The topological polar surface area (TPSA) is 263 Å². The highest BCUT2D eigenvalue weighted by atomic mass is 16.4. The van der Waals surface area contributed by atoms with E-state index in [9.17, 15) is 44.1 Å². The van der Waals surface area contributed by atoms with Crippen molar-refractivity contribution in [2.45, 2.75) is 76.3 Å². The van der Waals surface area contributed by atoms with E-state index in [4.69, 9.17) is 11.5 Å². The molecule has 228 valence electrons. The van der Waals surface area contributed by atoms with Crippen LogP contribution in [0.1, 0.15) is 39.2 Å². The summed E-state index contributed by atoms with van der Waals surface area (Å²) in [4.78, 5) is 74.4. The Labute approximate surface area is 237 Å². The molecule has 0 aliphatic rings. The van der Waals surface area contributed by atoms with Gasteiger partial charge in [-0.2, -0.15) is 0 Å². The van der Waals surface area contributed by atoms with Crippen LogP contribution in [0.3, 0.4) is 0 Å². The van der Waals surface area contributed by atoms with E-state index in [1.807, 2.05) is 0 Å². The molecule has 0 heterocycles. The molecule has 15 nitrogen and oxygen atoms in total. The maximum absolute atomic E-state index is 13.1. The lowest BCUT2D eigenvalue weighted by molar-refractivity contribution is -0.145. The van der Waals surface area contributed by atoms with Gasteiger partial charge in [0.05, 0.1) is 25.2 Å². The third-order valence-corrected chi connectivity index (χ3v) is 6.33. The number of carboxylic acids is 1. The number of carbonyl (C=O) groups is 6. The maximum Gasteiger partial charge on any atom is 0.328 e. The molecule has 0 aliphatic heterocycles. The first-order chi connectivity index (χ1) is 19.2. The van der Waals surface area contributed by atoms with E-state index in [0.29, 0.717) is 6.42 Å². The summed E-state index contributed by atoms with van der Waals surface area (Å²) in [5.41, 5.74) is 11.9. The monoisotopic (exact) mass is 580 g/mol. The van der Waals surface area contributed by atoms with Gasteiger partial charge in [-0.15, -0.1) is 0 Å². The fourth-order valence-electron chi connectivity index (χ4n) is 3.70. The van der Waals surface area contributed by atoms with Crippen LogP contribution in [0, 0.1) is 5.92 Å². The second kappa shape index (κ2) is 16.9. The Hall–Kier alpha value is -4.08. The van der Waals surface area contributed by atoms with Crippen LogP contribution < -0.4 is 32.7 Å².